The molecule has 13 heteroatoms. The number of aromatic nitrogens is 2. The normalized spacial score (nSPS) is 20.1. The number of sulfonamides is 1. The summed E-state index contributed by atoms with van der Waals surface area (Å²) in [6, 6.07) is 6.38. The Kier molecular flexibility index (Phi) is 8.78. The van der Waals surface area contributed by atoms with Gasteiger partial charge in [0.15, 0.2) is 22.5 Å². The van der Waals surface area contributed by atoms with E-state index < -0.39 is 15.9 Å². The summed E-state index contributed by atoms with van der Waals surface area (Å²) in [5, 5.41) is 0.125. The molecule has 0 spiro atoms. The number of nitrogens with zero attached hydrogens (tertiary/aromatic N) is 5. The summed E-state index contributed by atoms with van der Waals surface area (Å²) in [6.07, 6.45) is 2.99. The van der Waals surface area contributed by atoms with E-state index >= 15 is 0 Å². The molecule has 3 heterocycles. The number of carbonyl (C=O) groups is 1. The Morgan fingerprint density at radius 3 is 2.53 bits per heavy atom. The lowest BCUT2D eigenvalue weighted by Crippen LogP contribution is -2.58. The van der Waals surface area contributed by atoms with Crippen LogP contribution in [0, 0.1) is 6.92 Å². The third kappa shape index (κ3) is 6.04. The second kappa shape index (κ2) is 11.7. The van der Waals surface area contributed by atoms with Crippen LogP contribution in [0.4, 0.5) is 11.6 Å². The van der Waals surface area contributed by atoms with E-state index in [1.807, 2.05) is 19.1 Å². The number of hydrogen-bond acceptors (Lipinski definition) is 9. The van der Waals surface area contributed by atoms with Crippen LogP contribution in [0.5, 0.6) is 0 Å². The second-order valence-corrected chi connectivity index (χ2v) is 12.2. The van der Waals surface area contributed by atoms with E-state index in [4.69, 9.17) is 23.1 Å². The molecule has 0 radical (unpaired) electrons. The molecule has 0 saturated carbocycles. The number of rotatable bonds is 8. The lowest BCUT2D eigenvalue weighted by molar-refractivity contribution is 0.0608. The lowest BCUT2D eigenvalue weighted by Gasteiger charge is -2.47. The van der Waals surface area contributed by atoms with Gasteiger partial charge in [0.2, 0.25) is 10.0 Å². The summed E-state index contributed by atoms with van der Waals surface area (Å²) < 4.78 is 27.6. The number of nitrogens with two attached hydrogens (primary N) is 2. The molecule has 2 aliphatic rings. The van der Waals surface area contributed by atoms with Crippen LogP contribution in [0.2, 0.25) is 5.15 Å². The highest BCUT2D eigenvalue weighted by atomic mass is 35.5. The zero-order chi connectivity index (χ0) is 27.6. The van der Waals surface area contributed by atoms with E-state index in [0.29, 0.717) is 29.3 Å². The van der Waals surface area contributed by atoms with Gasteiger partial charge in [0.25, 0.3) is 5.91 Å². The molecule has 38 heavy (non-hydrogen) atoms. The zero-order valence-electron chi connectivity index (χ0n) is 22.2. The van der Waals surface area contributed by atoms with E-state index in [0.717, 1.165) is 63.1 Å². The monoisotopic (exact) mass is 564 g/mol. The number of carbonyl (C=O) groups excluding carboxylic acids is 1. The minimum atomic E-state index is -3.52. The van der Waals surface area contributed by atoms with Gasteiger partial charge in [-0.05, 0) is 63.5 Å². The first kappa shape index (κ1) is 28.5. The molecule has 4 rings (SSSR count). The largest absolute Gasteiger partial charge is 0.382 e. The first-order chi connectivity index (χ1) is 18.0. The van der Waals surface area contributed by atoms with Gasteiger partial charge in [-0.15, -0.1) is 0 Å². The average molecular weight is 565 g/mol. The molecule has 1 aromatic heterocycles. The maximum atomic E-state index is 12.6. The molecule has 5 N–H and O–H groups in total. The fourth-order valence-electron chi connectivity index (χ4n) is 5.51. The third-order valence-electron chi connectivity index (χ3n) is 7.60. The smallest absolute Gasteiger partial charge is 0.271 e. The SMILES string of the molecule is CC[C@H]1CN(c2nc(N)c(C(N)=O)nc2Cl)CCN1C1CCN(Cc2ccc(C)cc2S(=O)(=O)NC)CC1. The highest BCUT2D eigenvalue weighted by Gasteiger charge is 2.34. The molecule has 2 fully saturated rings. The Labute approximate surface area is 229 Å². The second-order valence-electron chi connectivity index (χ2n) is 10.0. The fourth-order valence-corrected chi connectivity index (χ4v) is 6.79. The summed E-state index contributed by atoms with van der Waals surface area (Å²) in [6.45, 7) is 8.78. The van der Waals surface area contributed by atoms with Gasteiger partial charge in [0.05, 0.1) is 4.90 Å². The molecule has 1 aromatic carbocycles. The van der Waals surface area contributed by atoms with Crippen molar-refractivity contribution in [1.29, 1.82) is 0 Å². The van der Waals surface area contributed by atoms with Crippen LogP contribution in [0.25, 0.3) is 0 Å². The molecule has 1 amide bonds. The van der Waals surface area contributed by atoms with Crippen molar-refractivity contribution in [3.05, 3.63) is 40.2 Å². The van der Waals surface area contributed by atoms with Crippen molar-refractivity contribution < 1.29 is 13.2 Å². The number of nitrogens with one attached hydrogen (secondary N) is 1. The fraction of sp³-hybridized carbons (Fsp3) is 0.560. The predicted octanol–water partition coefficient (Wildman–Crippen LogP) is 1.59. The Balaban J connectivity index is 1.39. The van der Waals surface area contributed by atoms with Gasteiger partial charge in [0.1, 0.15) is 0 Å². The Morgan fingerprint density at radius 2 is 1.89 bits per heavy atom. The van der Waals surface area contributed by atoms with Crippen molar-refractivity contribution in [3.63, 3.8) is 0 Å². The molecule has 2 aromatic rings. The minimum absolute atomic E-state index is 0.0148. The van der Waals surface area contributed by atoms with Crippen molar-refractivity contribution in [2.75, 3.05) is 50.4 Å². The zero-order valence-corrected chi connectivity index (χ0v) is 23.7. The highest BCUT2D eigenvalue weighted by Crippen LogP contribution is 2.30. The van der Waals surface area contributed by atoms with Gasteiger partial charge in [0, 0.05) is 38.3 Å². The molecule has 208 valence electrons. The van der Waals surface area contributed by atoms with Crippen LogP contribution in [0.1, 0.15) is 47.8 Å². The van der Waals surface area contributed by atoms with Crippen LogP contribution in [-0.2, 0) is 16.6 Å². The van der Waals surface area contributed by atoms with Crippen LogP contribution in [0.15, 0.2) is 23.1 Å². The Bertz CT molecular complexity index is 1280. The van der Waals surface area contributed by atoms with Crippen LogP contribution in [0.3, 0.4) is 0 Å². The summed E-state index contributed by atoms with van der Waals surface area (Å²) in [4.78, 5) is 27.3. The van der Waals surface area contributed by atoms with E-state index in [9.17, 15) is 13.2 Å². The molecular formula is C25H37ClN8O3S. The Hall–Kier alpha value is -2.51. The highest BCUT2D eigenvalue weighted by molar-refractivity contribution is 7.89. The number of hydrogen-bond donors (Lipinski definition) is 3. The minimum Gasteiger partial charge on any atom is -0.382 e. The van der Waals surface area contributed by atoms with Crippen molar-refractivity contribution in [2.45, 2.75) is 56.6 Å². The van der Waals surface area contributed by atoms with E-state index in [-0.39, 0.29) is 16.7 Å². The third-order valence-corrected chi connectivity index (χ3v) is 9.35. The van der Waals surface area contributed by atoms with Gasteiger partial charge in [-0.3, -0.25) is 14.6 Å². The molecule has 11 nitrogen and oxygen atoms in total. The first-order valence-corrected chi connectivity index (χ1v) is 14.8. The molecule has 2 saturated heterocycles. The molecular weight excluding hydrogens is 528 g/mol. The number of benzene rings is 1. The van der Waals surface area contributed by atoms with Crippen LogP contribution in [-0.4, -0.2) is 85.9 Å². The Morgan fingerprint density at radius 1 is 1.18 bits per heavy atom. The number of piperazine rings is 1. The summed E-state index contributed by atoms with van der Waals surface area (Å²) in [5.41, 5.74) is 12.9. The van der Waals surface area contributed by atoms with E-state index in [2.05, 4.69) is 36.3 Å². The van der Waals surface area contributed by atoms with Gasteiger partial charge < -0.3 is 16.4 Å². The lowest BCUT2D eigenvalue weighted by atomic mass is 9.97. The molecule has 0 unspecified atom stereocenters. The van der Waals surface area contributed by atoms with Gasteiger partial charge in [-0.25, -0.2) is 23.1 Å². The predicted molar refractivity (Wildman–Crippen MR) is 149 cm³/mol. The molecule has 0 bridgehead atoms. The molecule has 0 aliphatic carbocycles. The van der Waals surface area contributed by atoms with Gasteiger partial charge in [-0.1, -0.05) is 30.7 Å². The number of primary amides is 1. The molecule has 2 aliphatic heterocycles. The van der Waals surface area contributed by atoms with Crippen molar-refractivity contribution in [3.8, 4) is 0 Å². The average Bonchev–Trinajstić information content (AvgIpc) is 2.90. The number of likely N-dealkylation sites (tertiary alicyclic amines) is 1. The summed E-state index contributed by atoms with van der Waals surface area (Å²) in [7, 11) is -2.07. The maximum Gasteiger partial charge on any atom is 0.271 e. The number of piperidine rings is 1. The topological polar surface area (TPSA) is 151 Å². The van der Waals surface area contributed by atoms with Gasteiger partial charge in [-0.2, -0.15) is 0 Å². The number of amides is 1. The van der Waals surface area contributed by atoms with Crippen LogP contribution < -0.4 is 21.1 Å². The van der Waals surface area contributed by atoms with Crippen LogP contribution >= 0.6 is 11.6 Å². The summed E-state index contributed by atoms with van der Waals surface area (Å²) in [5.74, 6) is -0.292. The molecule has 1 atom stereocenters. The van der Waals surface area contributed by atoms with Gasteiger partial charge >= 0.3 is 0 Å². The van der Waals surface area contributed by atoms with E-state index in [1.54, 1.807) is 6.07 Å². The maximum absolute atomic E-state index is 12.6. The number of aryl methyl sites for hydroxylation is 1. The summed E-state index contributed by atoms with van der Waals surface area (Å²) >= 11 is 6.36. The quantitative estimate of drug-likeness (QED) is 0.434. The standard InChI is InChI=1S/C25H37ClN8O3S/c1-4-18-15-33(25-22(26)30-21(24(28)35)23(27)31-25)11-12-34(18)19-7-9-32(10-8-19)14-17-6-5-16(2)13-20(17)38(36,37)29-3/h5-6,13,18-19,29H,4,7-12,14-15H2,1-3H3,(H2,27,31)(H2,28,35)/t18-/m0/s1. The van der Waals surface area contributed by atoms with Crippen molar-refractivity contribution >= 4 is 39.2 Å². The first-order valence-electron chi connectivity index (χ1n) is 12.9. The number of halogens is 1. The van der Waals surface area contributed by atoms with E-state index in [1.165, 1.54) is 7.05 Å². The van der Waals surface area contributed by atoms with Crippen molar-refractivity contribution in [1.82, 2.24) is 24.5 Å². The van der Waals surface area contributed by atoms with Crippen molar-refractivity contribution in [2.24, 2.45) is 5.73 Å². The number of nitrogen functional groups attached to an aromatic ring is 1. The number of anilines is 2.